The molecule has 27 heavy (non-hydrogen) atoms. The van der Waals surface area contributed by atoms with Crippen molar-refractivity contribution in [2.45, 2.75) is 37.6 Å². The van der Waals surface area contributed by atoms with Crippen LogP contribution in [0.25, 0.3) is 11.2 Å². The first-order valence-electron chi connectivity index (χ1n) is 8.46. The van der Waals surface area contributed by atoms with Crippen molar-refractivity contribution in [1.29, 1.82) is 0 Å². The Balaban J connectivity index is 1.89. The Morgan fingerprint density at radius 3 is 2.67 bits per heavy atom. The quantitative estimate of drug-likeness (QED) is 0.313. The molecule has 1 fully saturated rings. The minimum absolute atomic E-state index is 0.0351. The van der Waals surface area contributed by atoms with Crippen LogP contribution in [0.4, 0.5) is 5.82 Å². The number of hydrogen-bond acceptors (Lipinski definition) is 10. The number of ether oxygens (including phenoxy) is 1. The van der Waals surface area contributed by atoms with Crippen LogP contribution in [0, 0.1) is 0 Å². The van der Waals surface area contributed by atoms with Gasteiger partial charge in [-0.1, -0.05) is 11.6 Å². The van der Waals surface area contributed by atoms with Crippen molar-refractivity contribution in [2.24, 2.45) is 0 Å². The van der Waals surface area contributed by atoms with Crippen molar-refractivity contribution in [3.05, 3.63) is 24.3 Å². The molecule has 6 N–H and O–H groups in total. The first kappa shape index (κ1) is 19.6. The van der Waals surface area contributed by atoms with E-state index in [0.29, 0.717) is 23.5 Å². The second-order valence-corrected chi connectivity index (χ2v) is 6.36. The molecule has 0 radical (unpaired) electrons. The number of nitrogens with zero attached hydrogens (tertiary/aromatic N) is 4. The number of anilines is 1. The molecule has 0 aromatic carbocycles. The molecule has 3 heterocycles. The van der Waals surface area contributed by atoms with Crippen LogP contribution < -0.4 is 5.32 Å². The summed E-state index contributed by atoms with van der Waals surface area (Å²) in [7, 11) is 0. The van der Waals surface area contributed by atoms with Crippen LogP contribution in [-0.2, 0) is 4.74 Å². The van der Waals surface area contributed by atoms with Crippen molar-refractivity contribution >= 4 is 17.0 Å². The third-order valence-electron chi connectivity index (χ3n) is 4.47. The zero-order valence-corrected chi connectivity index (χ0v) is 14.7. The first-order valence-corrected chi connectivity index (χ1v) is 8.46. The van der Waals surface area contributed by atoms with E-state index in [1.807, 2.05) is 6.08 Å². The van der Waals surface area contributed by atoms with E-state index >= 15 is 0 Å². The summed E-state index contributed by atoms with van der Waals surface area (Å²) in [6.07, 6.45) is -2.00. The molecule has 0 saturated carbocycles. The zero-order valence-electron chi connectivity index (χ0n) is 14.7. The van der Waals surface area contributed by atoms with Crippen LogP contribution in [0.2, 0.25) is 0 Å². The average molecular weight is 381 g/mol. The standard InChI is InChI=1S/C16H23N5O6/c1-8(4-22)2-3-17-14-10-15(19-6-18-14)21(7-20-10)16-13(26)12(25)11(24)9(5-23)27-16/h2,6-7,9,11-13,16,22-26H,3-5H2,1H3,(H,17,18,19)/b8-2+/t9-,11-,12+,13-,16-/m1/s1. The fourth-order valence-electron chi connectivity index (χ4n) is 2.87. The predicted octanol–water partition coefficient (Wildman–Crippen LogP) is -1.85. The third kappa shape index (κ3) is 3.78. The number of aliphatic hydroxyl groups is 5. The van der Waals surface area contributed by atoms with Crippen LogP contribution in [0.3, 0.4) is 0 Å². The molecule has 5 atom stereocenters. The van der Waals surface area contributed by atoms with Crippen molar-refractivity contribution < 1.29 is 30.3 Å². The Hall–Kier alpha value is -2.15. The Kier molecular flexibility index (Phi) is 5.99. The van der Waals surface area contributed by atoms with E-state index in [4.69, 9.17) is 9.84 Å². The maximum Gasteiger partial charge on any atom is 0.167 e. The maximum absolute atomic E-state index is 10.3. The number of rotatable bonds is 6. The van der Waals surface area contributed by atoms with Crippen LogP contribution in [0.15, 0.2) is 24.3 Å². The first-order chi connectivity index (χ1) is 13.0. The van der Waals surface area contributed by atoms with Gasteiger partial charge in [0.1, 0.15) is 30.7 Å². The normalized spacial score (nSPS) is 29.3. The third-order valence-corrected chi connectivity index (χ3v) is 4.47. The smallest absolute Gasteiger partial charge is 0.167 e. The van der Waals surface area contributed by atoms with Crippen molar-refractivity contribution in [1.82, 2.24) is 19.5 Å². The molecule has 1 aliphatic rings. The molecule has 2 aromatic rings. The van der Waals surface area contributed by atoms with E-state index < -0.39 is 37.3 Å². The fraction of sp³-hybridized carbons (Fsp3) is 0.562. The van der Waals surface area contributed by atoms with Crippen LogP contribution in [-0.4, -0.2) is 89.2 Å². The van der Waals surface area contributed by atoms with E-state index in [9.17, 15) is 20.4 Å². The highest BCUT2D eigenvalue weighted by Gasteiger charge is 2.44. The molecule has 11 heteroatoms. The summed E-state index contributed by atoms with van der Waals surface area (Å²) >= 11 is 0. The maximum atomic E-state index is 10.3. The van der Waals surface area contributed by atoms with Crippen molar-refractivity contribution in [2.75, 3.05) is 25.1 Å². The van der Waals surface area contributed by atoms with E-state index in [-0.39, 0.29) is 6.61 Å². The van der Waals surface area contributed by atoms with E-state index in [1.54, 1.807) is 6.92 Å². The summed E-state index contributed by atoms with van der Waals surface area (Å²) < 4.78 is 6.96. The zero-order chi connectivity index (χ0) is 19.6. The van der Waals surface area contributed by atoms with Gasteiger partial charge in [-0.25, -0.2) is 15.0 Å². The second-order valence-electron chi connectivity index (χ2n) is 6.36. The van der Waals surface area contributed by atoms with Gasteiger partial charge in [0.25, 0.3) is 0 Å². The van der Waals surface area contributed by atoms with Gasteiger partial charge in [0.05, 0.1) is 19.5 Å². The molecular formula is C16H23N5O6. The molecule has 2 aromatic heterocycles. The number of aliphatic hydroxyl groups excluding tert-OH is 5. The van der Waals surface area contributed by atoms with Crippen LogP contribution in [0.5, 0.6) is 0 Å². The minimum atomic E-state index is -1.50. The Morgan fingerprint density at radius 1 is 1.19 bits per heavy atom. The summed E-state index contributed by atoms with van der Waals surface area (Å²) in [5.41, 5.74) is 1.57. The number of nitrogens with one attached hydrogen (secondary N) is 1. The lowest BCUT2D eigenvalue weighted by Gasteiger charge is -2.40. The van der Waals surface area contributed by atoms with Gasteiger partial charge in [-0.15, -0.1) is 0 Å². The summed E-state index contributed by atoms with van der Waals surface area (Å²) in [6.45, 7) is 1.66. The SMILES string of the molecule is C/C(=C\CNc1ncnc2c1ncn2[C@@H]1O[C@H](CO)[C@@H](O)[C@H](O)[C@H]1O)CO. The van der Waals surface area contributed by atoms with Gasteiger partial charge >= 0.3 is 0 Å². The molecule has 0 bridgehead atoms. The lowest BCUT2D eigenvalue weighted by Crippen LogP contribution is -2.56. The van der Waals surface area contributed by atoms with Gasteiger partial charge < -0.3 is 35.6 Å². The van der Waals surface area contributed by atoms with E-state index in [2.05, 4.69) is 20.3 Å². The van der Waals surface area contributed by atoms with Gasteiger partial charge in [0.2, 0.25) is 0 Å². The molecule has 0 aliphatic carbocycles. The second kappa shape index (κ2) is 8.25. The number of hydrogen-bond donors (Lipinski definition) is 6. The van der Waals surface area contributed by atoms with Crippen molar-refractivity contribution in [3.63, 3.8) is 0 Å². The van der Waals surface area contributed by atoms with Gasteiger partial charge in [-0.05, 0) is 6.92 Å². The summed E-state index contributed by atoms with van der Waals surface area (Å²) in [5.74, 6) is 0.449. The molecule has 3 rings (SSSR count). The van der Waals surface area contributed by atoms with Gasteiger partial charge in [0, 0.05) is 6.54 Å². The van der Waals surface area contributed by atoms with E-state index in [1.165, 1.54) is 17.2 Å². The fourth-order valence-corrected chi connectivity index (χ4v) is 2.87. The lowest BCUT2D eigenvalue weighted by atomic mass is 9.98. The molecule has 0 spiro atoms. The molecule has 148 valence electrons. The van der Waals surface area contributed by atoms with Crippen molar-refractivity contribution in [3.8, 4) is 0 Å². The molecule has 0 unspecified atom stereocenters. The Labute approximate surface area is 154 Å². The van der Waals surface area contributed by atoms with Gasteiger partial charge in [-0.2, -0.15) is 0 Å². The number of fused-ring (bicyclic) bond motifs is 1. The van der Waals surface area contributed by atoms with E-state index in [0.717, 1.165) is 5.57 Å². The number of imidazole rings is 1. The highest BCUT2D eigenvalue weighted by Crippen LogP contribution is 2.31. The molecule has 1 aliphatic heterocycles. The summed E-state index contributed by atoms with van der Waals surface area (Å²) in [5, 5.41) is 51.6. The van der Waals surface area contributed by atoms with Gasteiger partial charge in [-0.3, -0.25) is 4.57 Å². The van der Waals surface area contributed by atoms with Gasteiger partial charge in [0.15, 0.2) is 23.2 Å². The number of aromatic nitrogens is 4. The largest absolute Gasteiger partial charge is 0.394 e. The molecular weight excluding hydrogens is 358 g/mol. The molecule has 0 amide bonds. The summed E-state index contributed by atoms with van der Waals surface area (Å²) in [6, 6.07) is 0. The van der Waals surface area contributed by atoms with Crippen LogP contribution in [0.1, 0.15) is 13.2 Å². The topological polar surface area (TPSA) is 166 Å². The highest BCUT2D eigenvalue weighted by atomic mass is 16.6. The summed E-state index contributed by atoms with van der Waals surface area (Å²) in [4.78, 5) is 12.6. The highest BCUT2D eigenvalue weighted by molar-refractivity contribution is 5.82. The minimum Gasteiger partial charge on any atom is -0.394 e. The monoisotopic (exact) mass is 381 g/mol. The van der Waals surface area contributed by atoms with Crippen LogP contribution >= 0.6 is 0 Å². The molecule has 1 saturated heterocycles. The Bertz CT molecular complexity index is 810. The average Bonchev–Trinajstić information content (AvgIpc) is 3.11. The predicted molar refractivity (Wildman–Crippen MR) is 93.7 cm³/mol. The molecule has 11 nitrogen and oxygen atoms in total. The Morgan fingerprint density at radius 2 is 1.96 bits per heavy atom. The lowest BCUT2D eigenvalue weighted by molar-refractivity contribution is -0.250.